The molecule has 1 heterocycles. The van der Waals surface area contributed by atoms with Gasteiger partial charge in [-0.05, 0) is 30.4 Å². The normalized spacial score (nSPS) is 29.2. The number of hydrogen-bond donors (Lipinski definition) is 1. The number of nitrogens with two attached hydrogens (primary N) is 1. The van der Waals surface area contributed by atoms with Gasteiger partial charge in [-0.2, -0.15) is 0 Å². The van der Waals surface area contributed by atoms with Crippen molar-refractivity contribution in [1.82, 2.24) is 0 Å². The molecule has 2 aliphatic rings. The lowest BCUT2D eigenvalue weighted by atomic mass is 10.00. The summed E-state index contributed by atoms with van der Waals surface area (Å²) in [5, 5.41) is 1.24. The van der Waals surface area contributed by atoms with E-state index in [1.807, 2.05) is 11.8 Å². The SMILES string of the molecule is NC1c2ccccc2CCCC1SC1COC1. The molecule has 2 N–H and O–H groups in total. The molecular formula is C14H19NOS. The molecule has 3 heteroatoms. The molecule has 1 aromatic rings. The lowest BCUT2D eigenvalue weighted by Crippen LogP contribution is -2.35. The summed E-state index contributed by atoms with van der Waals surface area (Å²) >= 11 is 2.04. The van der Waals surface area contributed by atoms with Gasteiger partial charge in [0.25, 0.3) is 0 Å². The first-order valence-electron chi connectivity index (χ1n) is 6.41. The minimum Gasteiger partial charge on any atom is -0.379 e. The van der Waals surface area contributed by atoms with Gasteiger partial charge in [0, 0.05) is 11.3 Å². The van der Waals surface area contributed by atoms with Crippen LogP contribution in [0.2, 0.25) is 0 Å². The molecule has 1 aliphatic heterocycles. The van der Waals surface area contributed by atoms with E-state index in [4.69, 9.17) is 10.5 Å². The van der Waals surface area contributed by atoms with E-state index in [0.29, 0.717) is 10.5 Å². The second kappa shape index (κ2) is 5.01. The van der Waals surface area contributed by atoms with Gasteiger partial charge in [0.1, 0.15) is 0 Å². The van der Waals surface area contributed by atoms with E-state index in [9.17, 15) is 0 Å². The molecule has 1 saturated heterocycles. The monoisotopic (exact) mass is 249 g/mol. The van der Waals surface area contributed by atoms with Gasteiger partial charge in [-0.1, -0.05) is 24.3 Å². The zero-order valence-electron chi connectivity index (χ0n) is 9.97. The van der Waals surface area contributed by atoms with E-state index in [1.165, 1.54) is 30.4 Å². The summed E-state index contributed by atoms with van der Waals surface area (Å²) in [6.07, 6.45) is 3.68. The smallest absolute Gasteiger partial charge is 0.0608 e. The minimum atomic E-state index is 0.194. The highest BCUT2D eigenvalue weighted by Crippen LogP contribution is 2.37. The zero-order valence-corrected chi connectivity index (χ0v) is 10.8. The highest BCUT2D eigenvalue weighted by molar-refractivity contribution is 8.00. The van der Waals surface area contributed by atoms with Crippen LogP contribution in [0.1, 0.15) is 30.0 Å². The highest BCUT2D eigenvalue weighted by Gasteiger charge is 2.30. The first kappa shape index (κ1) is 11.6. The fourth-order valence-electron chi connectivity index (χ4n) is 2.65. The summed E-state index contributed by atoms with van der Waals surface area (Å²) < 4.78 is 5.25. The molecule has 2 unspecified atom stereocenters. The van der Waals surface area contributed by atoms with Crippen molar-refractivity contribution in [3.05, 3.63) is 35.4 Å². The maximum absolute atomic E-state index is 6.46. The third-order valence-corrected chi connectivity index (χ3v) is 5.26. The molecule has 0 amide bonds. The van der Waals surface area contributed by atoms with Gasteiger partial charge in [-0.3, -0.25) is 0 Å². The van der Waals surface area contributed by atoms with Crippen LogP contribution in [0.5, 0.6) is 0 Å². The van der Waals surface area contributed by atoms with Crippen LogP contribution in [0.3, 0.4) is 0 Å². The average Bonchev–Trinajstić information content (AvgIpc) is 2.45. The zero-order chi connectivity index (χ0) is 11.7. The first-order chi connectivity index (χ1) is 8.34. The van der Waals surface area contributed by atoms with Crippen LogP contribution >= 0.6 is 11.8 Å². The van der Waals surface area contributed by atoms with Gasteiger partial charge in [0.15, 0.2) is 0 Å². The van der Waals surface area contributed by atoms with Crippen molar-refractivity contribution in [3.8, 4) is 0 Å². The molecule has 0 aromatic heterocycles. The number of rotatable bonds is 2. The quantitative estimate of drug-likeness (QED) is 0.818. The lowest BCUT2D eigenvalue weighted by Gasteiger charge is -2.31. The Morgan fingerprint density at radius 3 is 2.82 bits per heavy atom. The van der Waals surface area contributed by atoms with Crippen molar-refractivity contribution in [2.24, 2.45) is 5.73 Å². The van der Waals surface area contributed by atoms with Gasteiger partial charge in [0.05, 0.1) is 18.5 Å². The van der Waals surface area contributed by atoms with Gasteiger partial charge < -0.3 is 10.5 Å². The number of fused-ring (bicyclic) bond motifs is 1. The van der Waals surface area contributed by atoms with Gasteiger partial charge in [-0.15, -0.1) is 11.8 Å². The average molecular weight is 249 g/mol. The van der Waals surface area contributed by atoms with E-state index < -0.39 is 0 Å². The van der Waals surface area contributed by atoms with Crippen molar-refractivity contribution in [3.63, 3.8) is 0 Å². The molecule has 3 rings (SSSR count). The fraction of sp³-hybridized carbons (Fsp3) is 0.571. The number of hydrogen-bond acceptors (Lipinski definition) is 3. The predicted molar refractivity (Wildman–Crippen MR) is 72.3 cm³/mol. The van der Waals surface area contributed by atoms with Crippen molar-refractivity contribution < 1.29 is 4.74 Å². The largest absolute Gasteiger partial charge is 0.379 e. The molecular weight excluding hydrogens is 230 g/mol. The number of ether oxygens (including phenoxy) is 1. The molecule has 2 atom stereocenters. The molecule has 2 nitrogen and oxygen atoms in total. The van der Waals surface area contributed by atoms with E-state index in [0.717, 1.165) is 13.2 Å². The maximum atomic E-state index is 6.46. The van der Waals surface area contributed by atoms with Gasteiger partial charge >= 0.3 is 0 Å². The Labute approximate surface area is 107 Å². The summed E-state index contributed by atoms with van der Waals surface area (Å²) in [4.78, 5) is 0. The molecule has 1 fully saturated rings. The van der Waals surface area contributed by atoms with Crippen molar-refractivity contribution in [2.75, 3.05) is 13.2 Å². The lowest BCUT2D eigenvalue weighted by molar-refractivity contribution is 0.0452. The van der Waals surface area contributed by atoms with Crippen LogP contribution in [0.4, 0.5) is 0 Å². The standard InChI is InChI=1S/C14H19NOS/c15-14-12-6-2-1-4-10(12)5-3-7-13(14)17-11-8-16-9-11/h1-2,4,6,11,13-14H,3,5,7-9,15H2. The molecule has 0 bridgehead atoms. The van der Waals surface area contributed by atoms with Crippen molar-refractivity contribution >= 4 is 11.8 Å². The van der Waals surface area contributed by atoms with Crippen LogP contribution in [0.15, 0.2) is 24.3 Å². The molecule has 0 radical (unpaired) electrons. The molecule has 0 spiro atoms. The Kier molecular flexibility index (Phi) is 3.41. The number of aryl methyl sites for hydroxylation is 1. The molecule has 17 heavy (non-hydrogen) atoms. The number of thioether (sulfide) groups is 1. The summed E-state index contributed by atoms with van der Waals surface area (Å²) in [6, 6.07) is 8.86. The summed E-state index contributed by atoms with van der Waals surface area (Å²) in [5.41, 5.74) is 9.27. The first-order valence-corrected chi connectivity index (χ1v) is 7.35. The Bertz CT molecular complexity index is 392. The molecule has 1 aliphatic carbocycles. The van der Waals surface area contributed by atoms with Crippen molar-refractivity contribution in [2.45, 2.75) is 35.8 Å². The van der Waals surface area contributed by atoms with E-state index >= 15 is 0 Å². The fourth-order valence-corrected chi connectivity index (χ4v) is 4.12. The van der Waals surface area contributed by atoms with E-state index in [-0.39, 0.29) is 6.04 Å². The van der Waals surface area contributed by atoms with Gasteiger partial charge in [0.2, 0.25) is 0 Å². The Hall–Kier alpha value is -0.510. The van der Waals surface area contributed by atoms with Gasteiger partial charge in [-0.25, -0.2) is 0 Å². The molecule has 1 aromatic carbocycles. The van der Waals surface area contributed by atoms with Crippen LogP contribution in [-0.4, -0.2) is 23.7 Å². The van der Waals surface area contributed by atoms with Crippen LogP contribution < -0.4 is 5.73 Å². The second-order valence-electron chi connectivity index (χ2n) is 4.95. The third-order valence-electron chi connectivity index (χ3n) is 3.72. The topological polar surface area (TPSA) is 35.2 Å². The molecule has 92 valence electrons. The van der Waals surface area contributed by atoms with Crippen LogP contribution in [0.25, 0.3) is 0 Å². The highest BCUT2D eigenvalue weighted by atomic mass is 32.2. The summed E-state index contributed by atoms with van der Waals surface area (Å²) in [6.45, 7) is 1.82. The third kappa shape index (κ3) is 2.37. The Balaban J connectivity index is 1.78. The van der Waals surface area contributed by atoms with Crippen molar-refractivity contribution in [1.29, 1.82) is 0 Å². The second-order valence-corrected chi connectivity index (χ2v) is 6.50. The summed E-state index contributed by atoms with van der Waals surface area (Å²) in [7, 11) is 0. The predicted octanol–water partition coefficient (Wildman–Crippen LogP) is 2.52. The van der Waals surface area contributed by atoms with E-state index in [1.54, 1.807) is 0 Å². The maximum Gasteiger partial charge on any atom is 0.0608 e. The molecule has 0 saturated carbocycles. The Morgan fingerprint density at radius 2 is 2.06 bits per heavy atom. The van der Waals surface area contributed by atoms with Crippen LogP contribution in [-0.2, 0) is 11.2 Å². The number of benzene rings is 1. The van der Waals surface area contributed by atoms with Crippen LogP contribution in [0, 0.1) is 0 Å². The Morgan fingerprint density at radius 1 is 1.24 bits per heavy atom. The minimum absolute atomic E-state index is 0.194. The summed E-state index contributed by atoms with van der Waals surface area (Å²) in [5.74, 6) is 0. The van der Waals surface area contributed by atoms with E-state index in [2.05, 4.69) is 24.3 Å².